The van der Waals surface area contributed by atoms with Gasteiger partial charge in [0.1, 0.15) is 0 Å². The Balaban J connectivity index is 2.22. The van der Waals surface area contributed by atoms with E-state index < -0.39 is 5.92 Å². The summed E-state index contributed by atoms with van der Waals surface area (Å²) in [6.07, 6.45) is 3.10. The number of benzene rings is 1. The summed E-state index contributed by atoms with van der Waals surface area (Å²) in [5, 5.41) is 7.30. The summed E-state index contributed by atoms with van der Waals surface area (Å²) in [5.41, 5.74) is 6.39. The zero-order chi connectivity index (χ0) is 22.1. The molecule has 7 heteroatoms. The third-order valence-corrected chi connectivity index (χ3v) is 5.16. The zero-order valence-corrected chi connectivity index (χ0v) is 18.4. The van der Waals surface area contributed by atoms with E-state index >= 15 is 0 Å². The lowest BCUT2D eigenvalue weighted by Gasteiger charge is -2.25. The van der Waals surface area contributed by atoms with Gasteiger partial charge in [-0.05, 0) is 57.1 Å². The van der Waals surface area contributed by atoms with E-state index in [1.807, 2.05) is 32.0 Å². The molecule has 2 amide bonds. The van der Waals surface area contributed by atoms with Crippen molar-refractivity contribution in [3.05, 3.63) is 59.4 Å². The van der Waals surface area contributed by atoms with E-state index in [4.69, 9.17) is 0 Å². The van der Waals surface area contributed by atoms with Gasteiger partial charge in [-0.25, -0.2) is 5.43 Å². The van der Waals surface area contributed by atoms with Crippen LogP contribution in [0.25, 0.3) is 0 Å². The smallest absolute Gasteiger partial charge is 0.271 e. The van der Waals surface area contributed by atoms with Gasteiger partial charge >= 0.3 is 0 Å². The van der Waals surface area contributed by atoms with Crippen molar-refractivity contribution in [2.24, 2.45) is 11.0 Å². The Labute approximate surface area is 178 Å². The molecule has 0 aliphatic carbocycles. The van der Waals surface area contributed by atoms with Crippen LogP contribution in [-0.4, -0.2) is 47.0 Å². The SMILES string of the molecule is CCN(CC)C[C@@H](C(=O)Nc1c(C)cccc1C)/C(C)=N\NC(=O)c1ccncc1. The van der Waals surface area contributed by atoms with E-state index in [0.29, 0.717) is 17.8 Å². The number of nitrogens with zero attached hydrogens (tertiary/aromatic N) is 3. The fraction of sp³-hybridized carbons (Fsp3) is 0.391. The number of anilines is 1. The molecule has 2 rings (SSSR count). The van der Waals surface area contributed by atoms with E-state index in [0.717, 1.165) is 29.9 Å². The van der Waals surface area contributed by atoms with Gasteiger partial charge in [0.15, 0.2) is 0 Å². The second-order valence-corrected chi connectivity index (χ2v) is 7.22. The minimum absolute atomic E-state index is 0.140. The quantitative estimate of drug-likeness (QED) is 0.491. The van der Waals surface area contributed by atoms with Crippen molar-refractivity contribution in [2.45, 2.75) is 34.6 Å². The highest BCUT2D eigenvalue weighted by Crippen LogP contribution is 2.21. The van der Waals surface area contributed by atoms with Crippen LogP contribution < -0.4 is 10.7 Å². The number of hydrogen-bond donors (Lipinski definition) is 2. The van der Waals surface area contributed by atoms with E-state index in [2.05, 4.69) is 39.6 Å². The molecule has 1 heterocycles. The molecule has 0 saturated carbocycles. The van der Waals surface area contributed by atoms with Crippen molar-refractivity contribution in [3.63, 3.8) is 0 Å². The maximum absolute atomic E-state index is 13.2. The van der Waals surface area contributed by atoms with Crippen molar-refractivity contribution in [1.29, 1.82) is 0 Å². The molecule has 2 N–H and O–H groups in total. The summed E-state index contributed by atoms with van der Waals surface area (Å²) < 4.78 is 0. The zero-order valence-electron chi connectivity index (χ0n) is 18.4. The van der Waals surface area contributed by atoms with E-state index in [9.17, 15) is 9.59 Å². The van der Waals surface area contributed by atoms with Crippen LogP contribution in [-0.2, 0) is 4.79 Å². The number of rotatable bonds is 9. The Morgan fingerprint density at radius 3 is 2.23 bits per heavy atom. The molecule has 0 aliphatic heterocycles. The Kier molecular flexibility index (Phi) is 8.68. The van der Waals surface area contributed by atoms with Gasteiger partial charge in [0.25, 0.3) is 5.91 Å². The molecule has 0 saturated heterocycles. The molecule has 0 fully saturated rings. The summed E-state index contributed by atoms with van der Waals surface area (Å²) >= 11 is 0. The maximum Gasteiger partial charge on any atom is 0.271 e. The summed E-state index contributed by atoms with van der Waals surface area (Å²) in [5.74, 6) is -0.978. The minimum Gasteiger partial charge on any atom is -0.325 e. The Bertz CT molecular complexity index is 871. The number of hydrazone groups is 1. The fourth-order valence-corrected chi connectivity index (χ4v) is 3.15. The lowest BCUT2D eigenvalue weighted by molar-refractivity contribution is -0.118. The van der Waals surface area contributed by atoms with Gasteiger partial charge in [-0.15, -0.1) is 0 Å². The van der Waals surface area contributed by atoms with Crippen molar-refractivity contribution < 1.29 is 9.59 Å². The molecule has 1 atom stereocenters. The molecule has 0 aliphatic rings. The van der Waals surface area contributed by atoms with Crippen LogP contribution in [0.1, 0.15) is 42.3 Å². The second-order valence-electron chi connectivity index (χ2n) is 7.22. The van der Waals surface area contributed by atoms with Gasteiger partial charge in [0.2, 0.25) is 5.91 Å². The van der Waals surface area contributed by atoms with Crippen LogP contribution >= 0.6 is 0 Å². The number of para-hydroxylation sites is 1. The molecule has 1 aromatic heterocycles. The number of carbonyl (C=O) groups is 2. The standard InChI is InChI=1S/C23H31N5O2/c1-6-28(7-2)15-20(23(30)25-21-16(3)9-8-10-17(21)4)18(5)26-27-22(29)19-11-13-24-14-12-19/h8-14,20H,6-7,15H2,1-5H3,(H,25,30)(H,27,29)/b26-18-/t20-/m1/s1. The van der Waals surface area contributed by atoms with Crippen LogP contribution in [0.3, 0.4) is 0 Å². The molecule has 0 spiro atoms. The number of amides is 2. The van der Waals surface area contributed by atoms with Gasteiger partial charge in [-0.3, -0.25) is 14.6 Å². The number of aryl methyl sites for hydroxylation is 2. The predicted molar refractivity (Wildman–Crippen MR) is 121 cm³/mol. The van der Waals surface area contributed by atoms with Gasteiger partial charge in [0.05, 0.1) is 5.92 Å². The molecular formula is C23H31N5O2. The summed E-state index contributed by atoms with van der Waals surface area (Å²) in [4.78, 5) is 31.6. The number of hydrogen-bond acceptors (Lipinski definition) is 5. The van der Waals surface area contributed by atoms with Crippen LogP contribution in [0.2, 0.25) is 0 Å². The third-order valence-electron chi connectivity index (χ3n) is 5.16. The van der Waals surface area contributed by atoms with E-state index in [1.54, 1.807) is 31.5 Å². The molecule has 0 bridgehead atoms. The van der Waals surface area contributed by atoms with Gasteiger partial charge in [-0.1, -0.05) is 32.0 Å². The van der Waals surface area contributed by atoms with Gasteiger partial charge < -0.3 is 10.2 Å². The van der Waals surface area contributed by atoms with Crippen LogP contribution in [0.15, 0.2) is 47.8 Å². The highest BCUT2D eigenvalue weighted by molar-refractivity contribution is 6.09. The molecule has 1 aromatic carbocycles. The predicted octanol–water partition coefficient (Wildman–Crippen LogP) is 3.40. The van der Waals surface area contributed by atoms with Crippen molar-refractivity contribution in [2.75, 3.05) is 25.0 Å². The highest BCUT2D eigenvalue weighted by Gasteiger charge is 2.25. The normalized spacial score (nSPS) is 12.5. The first-order valence-electron chi connectivity index (χ1n) is 10.2. The lowest BCUT2D eigenvalue weighted by atomic mass is 10.0. The average molecular weight is 410 g/mol. The lowest BCUT2D eigenvalue weighted by Crippen LogP contribution is -2.40. The van der Waals surface area contributed by atoms with Crippen LogP contribution in [0.4, 0.5) is 5.69 Å². The first-order chi connectivity index (χ1) is 14.4. The number of carbonyl (C=O) groups excluding carboxylic acids is 2. The molecule has 0 unspecified atom stereocenters. The largest absolute Gasteiger partial charge is 0.325 e. The maximum atomic E-state index is 13.2. The summed E-state index contributed by atoms with van der Waals surface area (Å²) in [6.45, 7) is 12.0. The molecule has 160 valence electrons. The van der Waals surface area contributed by atoms with Gasteiger partial charge in [-0.2, -0.15) is 5.10 Å². The fourth-order valence-electron chi connectivity index (χ4n) is 3.15. The second kappa shape index (κ2) is 11.2. The van der Waals surface area contributed by atoms with E-state index in [-0.39, 0.29) is 11.8 Å². The number of pyridine rings is 1. The van der Waals surface area contributed by atoms with Crippen molar-refractivity contribution in [3.8, 4) is 0 Å². The number of aromatic nitrogens is 1. The summed E-state index contributed by atoms with van der Waals surface area (Å²) in [6, 6.07) is 9.13. The first-order valence-corrected chi connectivity index (χ1v) is 10.2. The minimum atomic E-state index is -0.498. The Hall–Kier alpha value is -3.06. The third kappa shape index (κ3) is 6.22. The molecule has 30 heavy (non-hydrogen) atoms. The first kappa shape index (κ1) is 23.2. The van der Waals surface area contributed by atoms with Crippen LogP contribution in [0, 0.1) is 19.8 Å². The highest BCUT2D eigenvalue weighted by atomic mass is 16.2. The molecule has 7 nitrogen and oxygen atoms in total. The van der Waals surface area contributed by atoms with Crippen LogP contribution in [0.5, 0.6) is 0 Å². The molecule has 0 radical (unpaired) electrons. The van der Waals surface area contributed by atoms with Crippen molar-refractivity contribution in [1.82, 2.24) is 15.3 Å². The number of nitrogens with one attached hydrogen (secondary N) is 2. The van der Waals surface area contributed by atoms with Crippen molar-refractivity contribution >= 4 is 23.2 Å². The van der Waals surface area contributed by atoms with Gasteiger partial charge in [0, 0.05) is 35.9 Å². The average Bonchev–Trinajstić information content (AvgIpc) is 2.75. The monoisotopic (exact) mass is 409 g/mol. The Morgan fingerprint density at radius 1 is 1.07 bits per heavy atom. The van der Waals surface area contributed by atoms with E-state index in [1.165, 1.54) is 0 Å². The topological polar surface area (TPSA) is 86.7 Å². The Morgan fingerprint density at radius 2 is 1.67 bits per heavy atom. The summed E-state index contributed by atoms with van der Waals surface area (Å²) in [7, 11) is 0. The molecular weight excluding hydrogens is 378 g/mol. The molecule has 2 aromatic rings.